The largest absolute Gasteiger partial charge is 0.455 e. The third kappa shape index (κ3) is 5.25. The smallest absolute Gasteiger partial charge is 0.317 e. The lowest BCUT2D eigenvalue weighted by molar-refractivity contribution is -0.157. The number of rotatable bonds is 6. The average Bonchev–Trinajstić information content (AvgIpc) is 3.34. The zero-order valence-electron chi connectivity index (χ0n) is 20.1. The molecule has 7 nitrogen and oxygen atoms in total. The van der Waals surface area contributed by atoms with Crippen LogP contribution in [0.15, 0.2) is 47.4 Å². The van der Waals surface area contributed by atoms with Gasteiger partial charge in [-0.05, 0) is 56.0 Å². The van der Waals surface area contributed by atoms with Crippen LogP contribution in [0.3, 0.4) is 0 Å². The fourth-order valence-corrected chi connectivity index (χ4v) is 6.87. The Bertz CT molecular complexity index is 1200. The monoisotopic (exact) mass is 518 g/mol. The molecular weight excluding hydrogens is 488 g/mol. The fourth-order valence-electron chi connectivity index (χ4n) is 5.12. The molecule has 0 atom stereocenters. The topological polar surface area (TPSA) is 84.0 Å². The van der Waals surface area contributed by atoms with Gasteiger partial charge in [-0.15, -0.1) is 0 Å². The van der Waals surface area contributed by atoms with E-state index in [4.69, 9.17) is 16.3 Å². The molecule has 0 bridgehead atoms. The number of nitrogens with zero attached hydrogens (tertiary/aromatic N) is 2. The van der Waals surface area contributed by atoms with Gasteiger partial charge < -0.3 is 9.64 Å². The lowest BCUT2D eigenvalue weighted by Gasteiger charge is -2.34. The summed E-state index contributed by atoms with van der Waals surface area (Å²) in [5.74, 6) is -0.701. The minimum atomic E-state index is -3.64. The van der Waals surface area contributed by atoms with Crippen LogP contribution in [0.25, 0.3) is 0 Å². The molecule has 2 aliphatic rings. The molecule has 4 rings (SSSR count). The van der Waals surface area contributed by atoms with Crippen molar-refractivity contribution in [3.05, 3.63) is 64.2 Å². The Morgan fingerprint density at radius 2 is 1.60 bits per heavy atom. The molecule has 2 aromatic carbocycles. The van der Waals surface area contributed by atoms with Crippen molar-refractivity contribution in [2.45, 2.75) is 49.8 Å². The highest BCUT2D eigenvalue weighted by atomic mass is 35.5. The number of halogens is 1. The SMILES string of the molecule is Cc1ccc(S(=O)(=O)N2CCN(C(=O)COC(=O)C3(c4ccc(Cl)cc4)CCCC3)CC2)c(C)c1. The molecule has 0 N–H and O–H groups in total. The molecule has 2 aromatic rings. The number of esters is 1. The lowest BCUT2D eigenvalue weighted by Crippen LogP contribution is -2.51. The van der Waals surface area contributed by atoms with Crippen LogP contribution in [-0.4, -0.2) is 62.3 Å². The van der Waals surface area contributed by atoms with Gasteiger partial charge in [-0.2, -0.15) is 4.31 Å². The standard InChI is InChI=1S/C26H31ClN2O5S/c1-19-5-10-23(20(2)17-19)35(32,33)29-15-13-28(14-16-29)24(30)18-34-25(31)26(11-3-4-12-26)21-6-8-22(27)9-7-21/h5-10,17H,3-4,11-16,18H2,1-2H3. The molecule has 0 spiro atoms. The highest BCUT2D eigenvalue weighted by Crippen LogP contribution is 2.42. The number of amides is 1. The van der Waals surface area contributed by atoms with Crippen LogP contribution in [0.4, 0.5) is 0 Å². The molecule has 1 saturated heterocycles. The van der Waals surface area contributed by atoms with Crippen LogP contribution >= 0.6 is 11.6 Å². The van der Waals surface area contributed by atoms with Gasteiger partial charge in [0.2, 0.25) is 10.0 Å². The summed E-state index contributed by atoms with van der Waals surface area (Å²) >= 11 is 6.01. The number of hydrogen-bond donors (Lipinski definition) is 0. The van der Waals surface area contributed by atoms with Gasteiger partial charge in [0.25, 0.3) is 5.91 Å². The molecule has 0 radical (unpaired) electrons. The summed E-state index contributed by atoms with van der Waals surface area (Å²) in [6.07, 6.45) is 3.19. The quantitative estimate of drug-likeness (QED) is 0.542. The molecular formula is C26H31ClN2O5S. The van der Waals surface area contributed by atoms with Gasteiger partial charge in [0.15, 0.2) is 6.61 Å². The molecule has 1 heterocycles. The van der Waals surface area contributed by atoms with E-state index in [0.29, 0.717) is 28.3 Å². The lowest BCUT2D eigenvalue weighted by atomic mass is 9.79. The number of piperazine rings is 1. The maximum Gasteiger partial charge on any atom is 0.317 e. The first-order chi connectivity index (χ1) is 16.6. The Morgan fingerprint density at radius 3 is 2.20 bits per heavy atom. The first kappa shape index (κ1) is 25.7. The molecule has 2 fully saturated rings. The summed E-state index contributed by atoms with van der Waals surface area (Å²) < 4.78 is 33.1. The van der Waals surface area contributed by atoms with Crippen LogP contribution in [-0.2, 0) is 29.8 Å². The van der Waals surface area contributed by atoms with E-state index in [0.717, 1.165) is 24.0 Å². The normalized spacial score (nSPS) is 18.4. The van der Waals surface area contributed by atoms with E-state index in [-0.39, 0.29) is 44.7 Å². The number of benzene rings is 2. The van der Waals surface area contributed by atoms with Crippen LogP contribution in [0.2, 0.25) is 5.02 Å². The fraction of sp³-hybridized carbons (Fsp3) is 0.462. The van der Waals surface area contributed by atoms with Gasteiger partial charge in [0.1, 0.15) is 0 Å². The van der Waals surface area contributed by atoms with E-state index in [2.05, 4.69) is 0 Å². The van der Waals surface area contributed by atoms with Gasteiger partial charge in [-0.1, -0.05) is 54.3 Å². The number of carbonyl (C=O) groups excluding carboxylic acids is 2. The van der Waals surface area contributed by atoms with Gasteiger partial charge in [-0.3, -0.25) is 9.59 Å². The first-order valence-electron chi connectivity index (χ1n) is 11.9. The van der Waals surface area contributed by atoms with Crippen LogP contribution < -0.4 is 0 Å². The maximum atomic E-state index is 13.1. The van der Waals surface area contributed by atoms with Gasteiger partial charge in [0.05, 0.1) is 10.3 Å². The summed E-state index contributed by atoms with van der Waals surface area (Å²) in [4.78, 5) is 27.8. The van der Waals surface area contributed by atoms with Crippen molar-refractivity contribution in [1.29, 1.82) is 0 Å². The highest BCUT2D eigenvalue weighted by molar-refractivity contribution is 7.89. The van der Waals surface area contributed by atoms with Gasteiger partial charge in [-0.25, -0.2) is 8.42 Å². The molecule has 188 valence electrons. The second-order valence-electron chi connectivity index (χ2n) is 9.43. The first-order valence-corrected chi connectivity index (χ1v) is 13.7. The van der Waals surface area contributed by atoms with E-state index in [1.54, 1.807) is 36.1 Å². The predicted molar refractivity (Wildman–Crippen MR) is 134 cm³/mol. The second-order valence-corrected chi connectivity index (χ2v) is 11.8. The van der Waals surface area contributed by atoms with Crippen molar-refractivity contribution in [3.63, 3.8) is 0 Å². The predicted octanol–water partition coefficient (Wildman–Crippen LogP) is 3.84. The second kappa shape index (κ2) is 10.3. The number of sulfonamides is 1. The number of hydrogen-bond acceptors (Lipinski definition) is 5. The molecule has 9 heteroatoms. The van der Waals surface area contributed by atoms with E-state index in [1.807, 2.05) is 25.1 Å². The van der Waals surface area contributed by atoms with E-state index < -0.39 is 15.4 Å². The van der Waals surface area contributed by atoms with E-state index in [9.17, 15) is 18.0 Å². The average molecular weight is 519 g/mol. The summed E-state index contributed by atoms with van der Waals surface area (Å²) in [7, 11) is -3.64. The summed E-state index contributed by atoms with van der Waals surface area (Å²) in [5.41, 5.74) is 1.82. The number of aryl methyl sites for hydroxylation is 2. The van der Waals surface area contributed by atoms with Crippen molar-refractivity contribution < 1.29 is 22.7 Å². The van der Waals surface area contributed by atoms with Crippen molar-refractivity contribution >= 4 is 33.5 Å². The highest BCUT2D eigenvalue weighted by Gasteiger charge is 2.44. The van der Waals surface area contributed by atoms with Crippen molar-refractivity contribution in [3.8, 4) is 0 Å². The Hall–Kier alpha value is -2.42. The van der Waals surface area contributed by atoms with Crippen molar-refractivity contribution in [2.75, 3.05) is 32.8 Å². The third-order valence-corrected chi connectivity index (χ3v) is 9.42. The van der Waals surface area contributed by atoms with Crippen molar-refractivity contribution in [2.24, 2.45) is 0 Å². The molecule has 1 saturated carbocycles. The molecule has 35 heavy (non-hydrogen) atoms. The number of carbonyl (C=O) groups is 2. The van der Waals surface area contributed by atoms with Crippen LogP contribution in [0.1, 0.15) is 42.4 Å². The summed E-state index contributed by atoms with van der Waals surface area (Å²) in [6.45, 7) is 4.26. The van der Waals surface area contributed by atoms with Gasteiger partial charge >= 0.3 is 5.97 Å². The minimum absolute atomic E-state index is 0.198. The maximum absolute atomic E-state index is 13.1. The summed E-state index contributed by atoms with van der Waals surface area (Å²) in [5, 5.41) is 0.601. The zero-order chi connectivity index (χ0) is 25.2. The molecule has 1 aliphatic carbocycles. The molecule has 1 aliphatic heterocycles. The molecule has 1 amide bonds. The van der Waals surface area contributed by atoms with E-state index >= 15 is 0 Å². The molecule has 0 aromatic heterocycles. The van der Waals surface area contributed by atoms with Crippen LogP contribution in [0.5, 0.6) is 0 Å². The Kier molecular flexibility index (Phi) is 7.54. The Balaban J connectivity index is 1.35. The van der Waals surface area contributed by atoms with E-state index in [1.165, 1.54) is 4.31 Å². The van der Waals surface area contributed by atoms with Crippen LogP contribution in [0, 0.1) is 13.8 Å². The Labute approximate surface area is 212 Å². The van der Waals surface area contributed by atoms with Gasteiger partial charge in [0, 0.05) is 31.2 Å². The number of ether oxygens (including phenoxy) is 1. The zero-order valence-corrected chi connectivity index (χ0v) is 21.7. The summed E-state index contributed by atoms with van der Waals surface area (Å²) in [6, 6.07) is 12.5. The third-order valence-electron chi connectivity index (χ3n) is 7.11. The minimum Gasteiger partial charge on any atom is -0.455 e. The van der Waals surface area contributed by atoms with Crippen molar-refractivity contribution in [1.82, 2.24) is 9.21 Å². The Morgan fingerprint density at radius 1 is 0.971 bits per heavy atom. The molecule has 0 unspecified atom stereocenters.